The molecular formula is C14H11BrFN3OS. The predicted octanol–water partition coefficient (Wildman–Crippen LogP) is 3.22. The standard InChI is InChI=1S/C14H11BrFN3OS/c15-12-4-2-1-3-11(12)13(20)18-19-14(21)17-10-7-5-9(16)6-8-10/h1-8H,(H,18,20)(H2,17,19,21). The first-order valence-corrected chi connectivity index (χ1v) is 7.14. The number of hydrogen-bond acceptors (Lipinski definition) is 2. The van der Waals surface area contributed by atoms with Crippen molar-refractivity contribution in [1.29, 1.82) is 0 Å². The first-order valence-electron chi connectivity index (χ1n) is 5.93. The van der Waals surface area contributed by atoms with Crippen LogP contribution in [0.4, 0.5) is 10.1 Å². The lowest BCUT2D eigenvalue weighted by Gasteiger charge is -2.12. The van der Waals surface area contributed by atoms with Crippen molar-refractivity contribution in [2.45, 2.75) is 0 Å². The Hall–Kier alpha value is -1.99. The third-order valence-electron chi connectivity index (χ3n) is 2.51. The molecule has 0 aromatic heterocycles. The van der Waals surface area contributed by atoms with E-state index in [2.05, 4.69) is 32.1 Å². The fourth-order valence-corrected chi connectivity index (χ4v) is 2.16. The molecule has 0 saturated carbocycles. The molecule has 0 spiro atoms. The maximum absolute atomic E-state index is 12.8. The zero-order valence-corrected chi connectivity index (χ0v) is 13.1. The molecular weight excluding hydrogens is 357 g/mol. The molecule has 21 heavy (non-hydrogen) atoms. The number of benzene rings is 2. The fourth-order valence-electron chi connectivity index (χ4n) is 1.52. The van der Waals surface area contributed by atoms with Crippen LogP contribution in [0.15, 0.2) is 53.0 Å². The second kappa shape index (κ2) is 7.14. The van der Waals surface area contributed by atoms with Crippen molar-refractivity contribution in [1.82, 2.24) is 10.9 Å². The van der Waals surface area contributed by atoms with Crippen LogP contribution in [0.5, 0.6) is 0 Å². The van der Waals surface area contributed by atoms with Gasteiger partial charge in [0.25, 0.3) is 5.91 Å². The summed E-state index contributed by atoms with van der Waals surface area (Å²) in [5, 5.41) is 3.01. The van der Waals surface area contributed by atoms with Crippen molar-refractivity contribution in [2.75, 3.05) is 5.32 Å². The Kier molecular flexibility index (Phi) is 5.24. The lowest BCUT2D eigenvalue weighted by atomic mass is 10.2. The number of nitrogens with one attached hydrogen (secondary N) is 3. The molecule has 0 aliphatic carbocycles. The van der Waals surface area contributed by atoms with E-state index in [9.17, 15) is 9.18 Å². The average molecular weight is 368 g/mol. The van der Waals surface area contributed by atoms with Crippen molar-refractivity contribution >= 4 is 44.9 Å². The van der Waals surface area contributed by atoms with Gasteiger partial charge in [-0.15, -0.1) is 0 Å². The van der Waals surface area contributed by atoms with E-state index in [1.165, 1.54) is 12.1 Å². The number of halogens is 2. The molecule has 0 aliphatic rings. The lowest BCUT2D eigenvalue weighted by Crippen LogP contribution is -2.43. The average Bonchev–Trinajstić information content (AvgIpc) is 2.48. The van der Waals surface area contributed by atoms with Gasteiger partial charge in [0.2, 0.25) is 0 Å². The monoisotopic (exact) mass is 367 g/mol. The zero-order chi connectivity index (χ0) is 15.2. The zero-order valence-electron chi connectivity index (χ0n) is 10.7. The minimum atomic E-state index is -0.332. The summed E-state index contributed by atoms with van der Waals surface area (Å²) in [6, 6.07) is 12.7. The van der Waals surface area contributed by atoms with E-state index < -0.39 is 0 Å². The summed E-state index contributed by atoms with van der Waals surface area (Å²) < 4.78 is 13.4. The van der Waals surface area contributed by atoms with Crippen LogP contribution < -0.4 is 16.2 Å². The second-order valence-corrected chi connectivity index (χ2v) is 5.28. The van der Waals surface area contributed by atoms with E-state index >= 15 is 0 Å². The molecule has 3 N–H and O–H groups in total. The number of anilines is 1. The third-order valence-corrected chi connectivity index (χ3v) is 3.41. The highest BCUT2D eigenvalue weighted by Crippen LogP contribution is 2.15. The summed E-state index contributed by atoms with van der Waals surface area (Å²) in [5.74, 6) is -0.660. The van der Waals surface area contributed by atoms with E-state index in [1.54, 1.807) is 30.3 Å². The Morgan fingerprint density at radius 2 is 1.71 bits per heavy atom. The third kappa shape index (κ3) is 4.51. The minimum Gasteiger partial charge on any atom is -0.331 e. The van der Waals surface area contributed by atoms with Crippen molar-refractivity contribution in [3.8, 4) is 0 Å². The van der Waals surface area contributed by atoms with Crippen LogP contribution in [0.25, 0.3) is 0 Å². The van der Waals surface area contributed by atoms with Crippen molar-refractivity contribution in [3.63, 3.8) is 0 Å². The van der Waals surface area contributed by atoms with E-state index in [-0.39, 0.29) is 16.8 Å². The van der Waals surface area contributed by atoms with Gasteiger partial charge in [-0.1, -0.05) is 12.1 Å². The Labute approximate surface area is 134 Å². The van der Waals surface area contributed by atoms with Gasteiger partial charge < -0.3 is 5.32 Å². The molecule has 0 atom stereocenters. The SMILES string of the molecule is O=C(NNC(=S)Nc1ccc(F)cc1)c1ccccc1Br. The van der Waals surface area contributed by atoms with E-state index in [4.69, 9.17) is 12.2 Å². The quantitative estimate of drug-likeness (QED) is 0.563. The maximum Gasteiger partial charge on any atom is 0.270 e. The molecule has 0 saturated heterocycles. The number of rotatable bonds is 2. The van der Waals surface area contributed by atoms with E-state index in [0.717, 1.165) is 0 Å². The smallest absolute Gasteiger partial charge is 0.270 e. The minimum absolute atomic E-state index is 0.196. The fraction of sp³-hybridized carbons (Fsp3) is 0. The molecule has 0 heterocycles. The van der Waals surface area contributed by atoms with Crippen LogP contribution in [0.3, 0.4) is 0 Å². The van der Waals surface area contributed by atoms with Crippen LogP contribution in [0.1, 0.15) is 10.4 Å². The topological polar surface area (TPSA) is 53.2 Å². The molecule has 7 heteroatoms. The molecule has 0 unspecified atom stereocenters. The molecule has 0 bridgehead atoms. The first kappa shape index (κ1) is 15.4. The second-order valence-electron chi connectivity index (χ2n) is 4.02. The van der Waals surface area contributed by atoms with Gasteiger partial charge in [-0.05, 0) is 64.5 Å². The molecule has 0 radical (unpaired) electrons. The van der Waals surface area contributed by atoms with Gasteiger partial charge in [0.1, 0.15) is 5.82 Å². The lowest BCUT2D eigenvalue weighted by molar-refractivity contribution is 0.0943. The predicted molar refractivity (Wildman–Crippen MR) is 87.4 cm³/mol. The number of carbonyl (C=O) groups excluding carboxylic acids is 1. The van der Waals surface area contributed by atoms with Gasteiger partial charge >= 0.3 is 0 Å². The van der Waals surface area contributed by atoms with Crippen molar-refractivity contribution in [2.24, 2.45) is 0 Å². The summed E-state index contributed by atoms with van der Waals surface area (Å²) >= 11 is 8.32. The number of amides is 1. The Morgan fingerprint density at radius 1 is 1.05 bits per heavy atom. The summed E-state index contributed by atoms with van der Waals surface area (Å²) in [4.78, 5) is 11.9. The molecule has 2 aromatic carbocycles. The number of hydrazine groups is 1. The number of carbonyl (C=O) groups is 1. The van der Waals surface area contributed by atoms with Gasteiger partial charge in [-0.3, -0.25) is 15.6 Å². The highest BCUT2D eigenvalue weighted by atomic mass is 79.9. The van der Waals surface area contributed by atoms with Gasteiger partial charge in [-0.2, -0.15) is 0 Å². The van der Waals surface area contributed by atoms with Crippen LogP contribution >= 0.6 is 28.1 Å². The van der Waals surface area contributed by atoms with Gasteiger partial charge in [0.05, 0.1) is 5.56 Å². The maximum atomic E-state index is 12.8. The normalized spacial score (nSPS) is 9.81. The molecule has 1 amide bonds. The van der Waals surface area contributed by atoms with Gasteiger partial charge in [0.15, 0.2) is 5.11 Å². The molecule has 2 aromatic rings. The van der Waals surface area contributed by atoms with Crippen LogP contribution in [-0.4, -0.2) is 11.0 Å². The van der Waals surface area contributed by atoms with Gasteiger partial charge in [-0.25, -0.2) is 4.39 Å². The molecule has 4 nitrogen and oxygen atoms in total. The largest absolute Gasteiger partial charge is 0.331 e. The summed E-state index contributed by atoms with van der Waals surface area (Å²) in [5.41, 5.74) is 6.15. The highest BCUT2D eigenvalue weighted by Gasteiger charge is 2.08. The van der Waals surface area contributed by atoms with Crippen LogP contribution in [0.2, 0.25) is 0 Å². The number of thiocarbonyl (C=S) groups is 1. The Bertz CT molecular complexity index is 664. The van der Waals surface area contributed by atoms with Crippen LogP contribution in [0, 0.1) is 5.82 Å². The summed E-state index contributed by atoms with van der Waals surface area (Å²) in [6.45, 7) is 0. The highest BCUT2D eigenvalue weighted by molar-refractivity contribution is 9.10. The van der Waals surface area contributed by atoms with Crippen molar-refractivity contribution in [3.05, 3.63) is 64.4 Å². The van der Waals surface area contributed by atoms with Crippen molar-refractivity contribution < 1.29 is 9.18 Å². The summed E-state index contributed by atoms with van der Waals surface area (Å²) in [6.07, 6.45) is 0. The van der Waals surface area contributed by atoms with E-state index in [0.29, 0.717) is 15.7 Å². The van der Waals surface area contributed by atoms with Gasteiger partial charge in [0, 0.05) is 10.2 Å². The number of hydrogen-bond donors (Lipinski definition) is 3. The Morgan fingerprint density at radius 3 is 2.38 bits per heavy atom. The molecule has 0 aliphatic heterocycles. The van der Waals surface area contributed by atoms with E-state index in [1.807, 2.05) is 6.07 Å². The molecule has 108 valence electrons. The Balaban J connectivity index is 1.88. The molecule has 2 rings (SSSR count). The van der Waals surface area contributed by atoms with Crippen LogP contribution in [-0.2, 0) is 0 Å². The molecule has 0 fully saturated rings. The summed E-state index contributed by atoms with van der Waals surface area (Å²) in [7, 11) is 0. The first-order chi connectivity index (χ1) is 10.1.